The van der Waals surface area contributed by atoms with E-state index in [1.165, 1.54) is 22.7 Å². The van der Waals surface area contributed by atoms with Gasteiger partial charge in [-0.2, -0.15) is 0 Å². The van der Waals surface area contributed by atoms with Crippen LogP contribution in [-0.4, -0.2) is 39.0 Å². The number of carbonyl (C=O) groups excluding carboxylic acids is 1. The predicted molar refractivity (Wildman–Crippen MR) is 101 cm³/mol. The van der Waals surface area contributed by atoms with E-state index in [0.717, 1.165) is 30.9 Å². The minimum Gasteiger partial charge on any atom is -0.400 e. The number of rotatable bonds is 5. The zero-order valence-corrected chi connectivity index (χ0v) is 15.8. The van der Waals surface area contributed by atoms with Crippen molar-refractivity contribution in [2.45, 2.75) is 18.5 Å². The molecule has 24 heavy (non-hydrogen) atoms. The highest BCUT2D eigenvalue weighted by molar-refractivity contribution is 9.10. The van der Waals surface area contributed by atoms with Gasteiger partial charge in [0, 0.05) is 12.5 Å². The van der Waals surface area contributed by atoms with Crippen molar-refractivity contribution in [2.75, 3.05) is 12.9 Å². The molecule has 0 saturated carbocycles. The topological polar surface area (TPSA) is 68.0 Å². The lowest BCUT2D eigenvalue weighted by atomic mass is 10.0. The molecule has 126 valence electrons. The van der Waals surface area contributed by atoms with Crippen LogP contribution in [0.5, 0.6) is 0 Å². The Bertz CT molecular complexity index is 836. The van der Waals surface area contributed by atoms with Crippen molar-refractivity contribution in [1.29, 1.82) is 0 Å². The van der Waals surface area contributed by atoms with Gasteiger partial charge < -0.3 is 9.90 Å². The molecule has 5 nitrogen and oxygen atoms in total. The third kappa shape index (κ3) is 3.68. The number of thioether (sulfide) groups is 1. The number of aliphatic hydroxyl groups is 1. The van der Waals surface area contributed by atoms with E-state index in [4.69, 9.17) is 5.11 Å². The smallest absolute Gasteiger partial charge is 0.205 e. The van der Waals surface area contributed by atoms with Crippen molar-refractivity contribution in [3.8, 4) is 5.69 Å². The number of carbonyl (C=O) groups is 1. The Morgan fingerprint density at radius 2 is 1.88 bits per heavy atom. The highest BCUT2D eigenvalue weighted by Gasteiger charge is 2.15. The lowest BCUT2D eigenvalue weighted by molar-refractivity contribution is -0.105. The zero-order valence-electron chi connectivity index (χ0n) is 13.4. The van der Waals surface area contributed by atoms with Crippen LogP contribution < -0.4 is 0 Å². The molecule has 3 aromatic rings. The summed E-state index contributed by atoms with van der Waals surface area (Å²) in [6.07, 6.45) is 1.85. The summed E-state index contributed by atoms with van der Waals surface area (Å²) in [5.74, 6) is 0.357. The second-order valence-corrected chi connectivity index (χ2v) is 6.40. The number of aldehydes is 1. The van der Waals surface area contributed by atoms with Gasteiger partial charge in [0.15, 0.2) is 5.16 Å². The normalized spacial score (nSPS) is 10.3. The van der Waals surface area contributed by atoms with Gasteiger partial charge in [-0.25, -0.2) is 0 Å². The molecule has 7 heteroatoms. The van der Waals surface area contributed by atoms with Gasteiger partial charge in [0.2, 0.25) is 4.73 Å². The summed E-state index contributed by atoms with van der Waals surface area (Å²) in [7, 11) is 1.00. The first-order valence-corrected chi connectivity index (χ1v) is 9.17. The molecule has 1 N–H and O–H groups in total. The van der Waals surface area contributed by atoms with Crippen LogP contribution in [-0.2, 0) is 11.2 Å². The highest BCUT2D eigenvalue weighted by Crippen LogP contribution is 2.31. The first kappa shape index (κ1) is 18.6. The summed E-state index contributed by atoms with van der Waals surface area (Å²) in [4.78, 5) is 10.6. The van der Waals surface area contributed by atoms with E-state index in [2.05, 4.69) is 63.4 Å². The lowest BCUT2D eigenvalue weighted by Crippen LogP contribution is -2.00. The Kier molecular flexibility index (Phi) is 6.96. The number of aryl methyl sites for hydroxylation is 1. The predicted octanol–water partition coefficient (Wildman–Crippen LogP) is 3.64. The SMILES string of the molecule is CCc1ccc(-n2c(Br)nnc2SCC=O)c2ccccc12.CO. The van der Waals surface area contributed by atoms with E-state index in [0.29, 0.717) is 15.6 Å². The summed E-state index contributed by atoms with van der Waals surface area (Å²) < 4.78 is 2.57. The van der Waals surface area contributed by atoms with Gasteiger partial charge in [-0.1, -0.05) is 49.0 Å². The van der Waals surface area contributed by atoms with Crippen molar-refractivity contribution in [1.82, 2.24) is 14.8 Å². The van der Waals surface area contributed by atoms with Gasteiger partial charge in [-0.3, -0.25) is 4.57 Å². The maximum absolute atomic E-state index is 10.6. The average Bonchev–Trinajstić information content (AvgIpc) is 3.01. The van der Waals surface area contributed by atoms with E-state index < -0.39 is 0 Å². The molecule has 0 amide bonds. The zero-order chi connectivity index (χ0) is 17.5. The number of halogens is 1. The van der Waals surface area contributed by atoms with Crippen molar-refractivity contribution in [3.63, 3.8) is 0 Å². The van der Waals surface area contributed by atoms with Crippen LogP contribution in [0.2, 0.25) is 0 Å². The minimum absolute atomic E-state index is 0.357. The fourth-order valence-electron chi connectivity index (χ4n) is 2.51. The van der Waals surface area contributed by atoms with Crippen LogP contribution in [0.15, 0.2) is 46.3 Å². The molecule has 0 radical (unpaired) electrons. The quantitative estimate of drug-likeness (QED) is 0.516. The summed E-state index contributed by atoms with van der Waals surface area (Å²) in [5, 5.41) is 18.3. The maximum atomic E-state index is 10.6. The molecule has 1 heterocycles. The van der Waals surface area contributed by atoms with Gasteiger partial charge in [0.1, 0.15) is 6.29 Å². The largest absolute Gasteiger partial charge is 0.400 e. The monoisotopic (exact) mass is 407 g/mol. The average molecular weight is 408 g/mol. The number of fused-ring (bicyclic) bond motifs is 1. The Labute approximate surface area is 153 Å². The molecular weight excluding hydrogens is 390 g/mol. The number of benzene rings is 2. The van der Waals surface area contributed by atoms with E-state index in [1.54, 1.807) is 0 Å². The Balaban J connectivity index is 0.00000100. The van der Waals surface area contributed by atoms with Gasteiger partial charge in [0.25, 0.3) is 0 Å². The Hall–Kier alpha value is -1.70. The highest BCUT2D eigenvalue weighted by atomic mass is 79.9. The van der Waals surface area contributed by atoms with Crippen LogP contribution in [0.3, 0.4) is 0 Å². The molecule has 0 aliphatic heterocycles. The third-order valence-electron chi connectivity index (χ3n) is 3.49. The van der Waals surface area contributed by atoms with Gasteiger partial charge in [-0.15, -0.1) is 10.2 Å². The van der Waals surface area contributed by atoms with Crippen LogP contribution in [0.4, 0.5) is 0 Å². The second kappa shape index (κ2) is 8.96. The number of hydrogen-bond donors (Lipinski definition) is 1. The van der Waals surface area contributed by atoms with Gasteiger partial charge >= 0.3 is 0 Å². The van der Waals surface area contributed by atoms with Crippen molar-refractivity contribution < 1.29 is 9.90 Å². The first-order valence-electron chi connectivity index (χ1n) is 7.39. The van der Waals surface area contributed by atoms with E-state index in [9.17, 15) is 4.79 Å². The lowest BCUT2D eigenvalue weighted by Gasteiger charge is -2.13. The summed E-state index contributed by atoms with van der Waals surface area (Å²) in [5.41, 5.74) is 2.32. The molecule has 0 saturated heterocycles. The molecule has 1 aromatic heterocycles. The molecule has 0 bridgehead atoms. The van der Waals surface area contributed by atoms with Crippen LogP contribution in [0, 0.1) is 0 Å². The summed E-state index contributed by atoms with van der Waals surface area (Å²) >= 11 is 4.83. The maximum Gasteiger partial charge on any atom is 0.205 e. The summed E-state index contributed by atoms with van der Waals surface area (Å²) in [6, 6.07) is 12.5. The number of nitrogens with zero attached hydrogens (tertiary/aromatic N) is 3. The molecule has 2 aromatic carbocycles. The van der Waals surface area contributed by atoms with Crippen molar-refractivity contribution in [2.24, 2.45) is 0 Å². The van der Waals surface area contributed by atoms with Crippen LogP contribution >= 0.6 is 27.7 Å². The van der Waals surface area contributed by atoms with Gasteiger partial charge in [0.05, 0.1) is 11.4 Å². The molecule has 0 aliphatic rings. The van der Waals surface area contributed by atoms with Crippen LogP contribution in [0.25, 0.3) is 16.5 Å². The molecule has 0 atom stereocenters. The molecule has 3 rings (SSSR count). The number of aromatic nitrogens is 3. The molecule has 0 aliphatic carbocycles. The third-order valence-corrected chi connectivity index (χ3v) is 4.83. The van der Waals surface area contributed by atoms with Crippen LogP contribution in [0.1, 0.15) is 12.5 Å². The van der Waals surface area contributed by atoms with Crippen molar-refractivity contribution >= 4 is 44.8 Å². The van der Waals surface area contributed by atoms with Gasteiger partial charge in [-0.05, 0) is 39.4 Å². The fraction of sp³-hybridized carbons (Fsp3) is 0.235. The Morgan fingerprint density at radius 1 is 1.17 bits per heavy atom. The fourth-order valence-corrected chi connectivity index (χ4v) is 3.69. The van der Waals surface area contributed by atoms with E-state index in [1.807, 2.05) is 10.6 Å². The second-order valence-electron chi connectivity index (χ2n) is 4.71. The van der Waals surface area contributed by atoms with Crippen molar-refractivity contribution in [3.05, 3.63) is 46.7 Å². The molecule has 0 unspecified atom stereocenters. The van der Waals surface area contributed by atoms with E-state index >= 15 is 0 Å². The summed E-state index contributed by atoms with van der Waals surface area (Å²) in [6.45, 7) is 2.15. The first-order chi connectivity index (χ1) is 11.8. The molecular formula is C17H18BrN3O2S. The van der Waals surface area contributed by atoms with E-state index in [-0.39, 0.29) is 0 Å². The number of hydrogen-bond acceptors (Lipinski definition) is 5. The minimum atomic E-state index is 0.357. The number of aliphatic hydroxyl groups excluding tert-OH is 1. The Morgan fingerprint density at radius 3 is 2.54 bits per heavy atom. The molecule has 0 spiro atoms. The molecule has 0 fully saturated rings. The standard InChI is InChI=1S/C16H14BrN3OS.CH4O/c1-2-11-7-8-14(13-6-4-3-5-12(11)13)20-15(17)18-19-16(20)22-10-9-21;1-2/h3-9H,2,10H2,1H3;2H,1H3.